The standard InChI is InChI=1S/C13H17NO2/c1-5-12(15)14-10-7-6-8-11(9-10)16-13(2,3)4/h5-9H,1H2,2-4H3,(H,14,15). The molecule has 0 aromatic heterocycles. The third-order valence-electron chi connectivity index (χ3n) is 1.71. The van der Waals surface area contributed by atoms with Crippen LogP contribution in [-0.4, -0.2) is 11.5 Å². The number of amides is 1. The van der Waals surface area contributed by atoms with Gasteiger partial charge in [0.1, 0.15) is 11.4 Å². The molecular weight excluding hydrogens is 202 g/mol. The summed E-state index contributed by atoms with van der Waals surface area (Å²) in [6.45, 7) is 9.32. The summed E-state index contributed by atoms with van der Waals surface area (Å²) in [6.07, 6.45) is 1.23. The molecule has 0 heterocycles. The van der Waals surface area contributed by atoms with Crippen molar-refractivity contribution in [3.05, 3.63) is 36.9 Å². The van der Waals surface area contributed by atoms with Crippen LogP contribution in [-0.2, 0) is 4.79 Å². The summed E-state index contributed by atoms with van der Waals surface area (Å²) in [7, 11) is 0. The number of hydrogen-bond donors (Lipinski definition) is 1. The largest absolute Gasteiger partial charge is 0.488 e. The Labute approximate surface area is 96.1 Å². The molecule has 1 aromatic rings. The number of anilines is 1. The van der Waals surface area contributed by atoms with Gasteiger partial charge < -0.3 is 10.1 Å². The van der Waals surface area contributed by atoms with Gasteiger partial charge in [0.25, 0.3) is 0 Å². The summed E-state index contributed by atoms with van der Waals surface area (Å²) >= 11 is 0. The van der Waals surface area contributed by atoms with Crippen molar-refractivity contribution in [1.82, 2.24) is 0 Å². The van der Waals surface area contributed by atoms with Crippen molar-refractivity contribution >= 4 is 11.6 Å². The first kappa shape index (κ1) is 12.3. The number of carbonyl (C=O) groups is 1. The van der Waals surface area contributed by atoms with Crippen LogP contribution in [0.25, 0.3) is 0 Å². The highest BCUT2D eigenvalue weighted by molar-refractivity contribution is 5.98. The molecule has 0 saturated heterocycles. The minimum Gasteiger partial charge on any atom is -0.488 e. The van der Waals surface area contributed by atoms with E-state index in [4.69, 9.17) is 4.74 Å². The van der Waals surface area contributed by atoms with E-state index in [1.807, 2.05) is 32.9 Å². The number of rotatable bonds is 3. The molecule has 1 aromatic carbocycles. The fourth-order valence-electron chi connectivity index (χ4n) is 1.18. The second-order valence-electron chi connectivity index (χ2n) is 4.44. The Bertz CT molecular complexity index is 391. The molecule has 0 aliphatic heterocycles. The average molecular weight is 219 g/mol. The van der Waals surface area contributed by atoms with Crippen molar-refractivity contribution in [2.24, 2.45) is 0 Å². The van der Waals surface area contributed by atoms with E-state index in [0.29, 0.717) is 5.69 Å². The maximum atomic E-state index is 11.1. The van der Waals surface area contributed by atoms with Crippen LogP contribution in [0, 0.1) is 0 Å². The van der Waals surface area contributed by atoms with E-state index in [2.05, 4.69) is 11.9 Å². The lowest BCUT2D eigenvalue weighted by Gasteiger charge is -2.21. The van der Waals surface area contributed by atoms with Gasteiger partial charge in [-0.25, -0.2) is 0 Å². The lowest BCUT2D eigenvalue weighted by molar-refractivity contribution is -0.111. The van der Waals surface area contributed by atoms with Crippen LogP contribution in [0.2, 0.25) is 0 Å². The molecule has 86 valence electrons. The van der Waals surface area contributed by atoms with Gasteiger partial charge in [-0.3, -0.25) is 4.79 Å². The van der Waals surface area contributed by atoms with Gasteiger partial charge in [-0.2, -0.15) is 0 Å². The molecule has 16 heavy (non-hydrogen) atoms. The zero-order valence-corrected chi connectivity index (χ0v) is 9.91. The number of carbonyl (C=O) groups excluding carboxylic acids is 1. The second-order valence-corrected chi connectivity index (χ2v) is 4.44. The van der Waals surface area contributed by atoms with Crippen LogP contribution < -0.4 is 10.1 Å². The molecule has 0 unspecified atom stereocenters. The third-order valence-corrected chi connectivity index (χ3v) is 1.71. The Hall–Kier alpha value is -1.77. The van der Waals surface area contributed by atoms with Gasteiger partial charge in [0.2, 0.25) is 5.91 Å². The van der Waals surface area contributed by atoms with Gasteiger partial charge in [-0.15, -0.1) is 0 Å². The smallest absolute Gasteiger partial charge is 0.247 e. The van der Waals surface area contributed by atoms with Crippen LogP contribution >= 0.6 is 0 Å². The van der Waals surface area contributed by atoms with E-state index >= 15 is 0 Å². The maximum Gasteiger partial charge on any atom is 0.247 e. The molecule has 3 nitrogen and oxygen atoms in total. The molecule has 0 aliphatic carbocycles. The summed E-state index contributed by atoms with van der Waals surface area (Å²) in [5.41, 5.74) is 0.452. The normalized spacial score (nSPS) is 10.7. The number of nitrogens with one attached hydrogen (secondary N) is 1. The zero-order valence-electron chi connectivity index (χ0n) is 9.91. The predicted octanol–water partition coefficient (Wildman–Crippen LogP) is 2.99. The van der Waals surface area contributed by atoms with Crippen LogP contribution in [0.3, 0.4) is 0 Å². The van der Waals surface area contributed by atoms with E-state index in [9.17, 15) is 4.79 Å². The Morgan fingerprint density at radius 3 is 2.69 bits per heavy atom. The number of benzene rings is 1. The minimum atomic E-state index is -0.249. The van der Waals surface area contributed by atoms with Gasteiger partial charge in [-0.1, -0.05) is 12.6 Å². The molecule has 0 fully saturated rings. The molecule has 0 aliphatic rings. The molecule has 0 atom stereocenters. The third kappa shape index (κ3) is 4.17. The molecular formula is C13H17NO2. The molecule has 1 rings (SSSR count). The van der Waals surface area contributed by atoms with Gasteiger partial charge in [-0.05, 0) is 39.0 Å². The lowest BCUT2D eigenvalue weighted by Crippen LogP contribution is -2.23. The van der Waals surface area contributed by atoms with Gasteiger partial charge in [0.05, 0.1) is 0 Å². The number of ether oxygens (including phenoxy) is 1. The Kier molecular flexibility index (Phi) is 3.72. The molecule has 1 amide bonds. The van der Waals surface area contributed by atoms with E-state index in [1.54, 1.807) is 12.1 Å². The van der Waals surface area contributed by atoms with Crippen molar-refractivity contribution in [3.63, 3.8) is 0 Å². The first-order valence-electron chi connectivity index (χ1n) is 5.13. The molecule has 3 heteroatoms. The summed E-state index contributed by atoms with van der Waals surface area (Å²) in [5.74, 6) is 0.502. The monoisotopic (exact) mass is 219 g/mol. The van der Waals surface area contributed by atoms with Crippen molar-refractivity contribution < 1.29 is 9.53 Å². The second kappa shape index (κ2) is 4.84. The van der Waals surface area contributed by atoms with Crippen molar-refractivity contribution in [3.8, 4) is 5.75 Å². The average Bonchev–Trinajstić information content (AvgIpc) is 2.15. The molecule has 1 N–H and O–H groups in total. The fourth-order valence-corrected chi connectivity index (χ4v) is 1.18. The maximum absolute atomic E-state index is 11.1. The van der Waals surface area contributed by atoms with Crippen molar-refractivity contribution in [2.75, 3.05) is 5.32 Å². The van der Waals surface area contributed by atoms with E-state index in [1.165, 1.54) is 6.08 Å². The van der Waals surface area contributed by atoms with Crippen LogP contribution in [0.1, 0.15) is 20.8 Å². The topological polar surface area (TPSA) is 38.3 Å². The summed E-state index contributed by atoms with van der Waals surface area (Å²) in [4.78, 5) is 11.1. The predicted molar refractivity (Wildman–Crippen MR) is 65.6 cm³/mol. The Morgan fingerprint density at radius 2 is 2.12 bits per heavy atom. The Morgan fingerprint density at radius 1 is 1.44 bits per heavy atom. The quantitative estimate of drug-likeness (QED) is 0.794. The Balaban J connectivity index is 2.79. The lowest BCUT2D eigenvalue weighted by atomic mass is 10.2. The van der Waals surface area contributed by atoms with Crippen LogP contribution in [0.4, 0.5) is 5.69 Å². The first-order chi connectivity index (χ1) is 7.40. The fraction of sp³-hybridized carbons (Fsp3) is 0.308. The highest BCUT2D eigenvalue weighted by Gasteiger charge is 2.11. The minimum absolute atomic E-state index is 0.229. The summed E-state index contributed by atoms with van der Waals surface area (Å²) in [5, 5.41) is 2.68. The van der Waals surface area contributed by atoms with E-state index < -0.39 is 0 Å². The number of hydrogen-bond acceptors (Lipinski definition) is 2. The van der Waals surface area contributed by atoms with Crippen molar-refractivity contribution in [2.45, 2.75) is 26.4 Å². The molecule has 0 radical (unpaired) electrons. The van der Waals surface area contributed by atoms with Gasteiger partial charge in [0.15, 0.2) is 0 Å². The van der Waals surface area contributed by atoms with E-state index in [0.717, 1.165) is 5.75 Å². The molecule has 0 saturated carbocycles. The summed E-state index contributed by atoms with van der Waals surface area (Å²) in [6, 6.07) is 7.28. The zero-order chi connectivity index (χ0) is 12.2. The van der Waals surface area contributed by atoms with Crippen molar-refractivity contribution in [1.29, 1.82) is 0 Å². The highest BCUT2D eigenvalue weighted by atomic mass is 16.5. The molecule has 0 spiro atoms. The highest BCUT2D eigenvalue weighted by Crippen LogP contribution is 2.21. The molecule has 0 bridgehead atoms. The summed E-state index contributed by atoms with van der Waals surface area (Å²) < 4.78 is 5.68. The van der Waals surface area contributed by atoms with Gasteiger partial charge in [0, 0.05) is 11.8 Å². The van der Waals surface area contributed by atoms with Gasteiger partial charge >= 0.3 is 0 Å². The first-order valence-corrected chi connectivity index (χ1v) is 5.13. The van der Waals surface area contributed by atoms with Crippen LogP contribution in [0.15, 0.2) is 36.9 Å². The van der Waals surface area contributed by atoms with E-state index in [-0.39, 0.29) is 11.5 Å². The SMILES string of the molecule is C=CC(=O)Nc1cccc(OC(C)(C)C)c1. The van der Waals surface area contributed by atoms with Crippen LogP contribution in [0.5, 0.6) is 5.75 Å².